The summed E-state index contributed by atoms with van der Waals surface area (Å²) in [6.07, 6.45) is 0. The number of carbonyl (C=O) groups excluding carboxylic acids is 1. The van der Waals surface area contributed by atoms with Crippen LogP contribution in [0, 0.1) is 0 Å². The second-order valence-electron chi connectivity index (χ2n) is 3.34. The van der Waals surface area contributed by atoms with Crippen molar-refractivity contribution in [1.82, 2.24) is 0 Å². The summed E-state index contributed by atoms with van der Waals surface area (Å²) >= 11 is 6.58. The smallest absolute Gasteiger partial charge is 0.234 e. The number of nitrogens with one attached hydrogen (secondary N) is 1. The third kappa shape index (κ3) is 4.37. The van der Waals surface area contributed by atoms with E-state index in [-0.39, 0.29) is 5.91 Å². The first kappa shape index (κ1) is 13.0. The zero-order chi connectivity index (χ0) is 12.1. The van der Waals surface area contributed by atoms with Gasteiger partial charge in [0.05, 0.1) is 12.3 Å². The number of amides is 1. The Hall–Kier alpha value is -0.460. The summed E-state index contributed by atoms with van der Waals surface area (Å²) < 4.78 is 2.03. The fourth-order valence-corrected chi connectivity index (χ4v) is 3.33. The Morgan fingerprint density at radius 2 is 2.24 bits per heavy atom. The molecule has 1 aromatic carbocycles. The summed E-state index contributed by atoms with van der Waals surface area (Å²) in [4.78, 5) is 15.9. The average Bonchev–Trinajstić information content (AvgIpc) is 2.83. The maximum Gasteiger partial charge on any atom is 0.234 e. The Bertz CT molecular complexity index is 434. The topological polar surface area (TPSA) is 41.5 Å². The quantitative estimate of drug-likeness (QED) is 0.925. The van der Waals surface area contributed by atoms with Gasteiger partial charge in [-0.2, -0.15) is 0 Å². The van der Waals surface area contributed by atoms with E-state index in [0.29, 0.717) is 5.75 Å². The molecule has 1 aromatic rings. The molecule has 0 fully saturated rings. The number of hydrogen-bond donors (Lipinski definition) is 1. The highest BCUT2D eigenvalue weighted by Crippen LogP contribution is 2.22. The molecular weight excluding hydrogens is 320 g/mol. The van der Waals surface area contributed by atoms with Crippen molar-refractivity contribution in [3.8, 4) is 0 Å². The van der Waals surface area contributed by atoms with Gasteiger partial charge in [0, 0.05) is 15.9 Å². The molecule has 0 spiro atoms. The number of anilines is 1. The van der Waals surface area contributed by atoms with Gasteiger partial charge in [-0.3, -0.25) is 9.79 Å². The predicted molar refractivity (Wildman–Crippen MR) is 80.0 cm³/mol. The summed E-state index contributed by atoms with van der Waals surface area (Å²) in [5.74, 6) is 1.46. The minimum Gasteiger partial charge on any atom is -0.325 e. The van der Waals surface area contributed by atoms with Gasteiger partial charge in [-0.25, -0.2) is 0 Å². The van der Waals surface area contributed by atoms with Crippen LogP contribution in [-0.4, -0.2) is 28.3 Å². The molecule has 1 aliphatic rings. The van der Waals surface area contributed by atoms with Gasteiger partial charge < -0.3 is 5.32 Å². The Kier molecular flexibility index (Phi) is 4.94. The van der Waals surface area contributed by atoms with Gasteiger partial charge in [0.2, 0.25) is 5.91 Å². The van der Waals surface area contributed by atoms with Crippen LogP contribution in [0.25, 0.3) is 0 Å². The largest absolute Gasteiger partial charge is 0.325 e. The molecule has 0 bridgehead atoms. The third-order valence-electron chi connectivity index (χ3n) is 2.01. The van der Waals surface area contributed by atoms with Crippen LogP contribution in [0.15, 0.2) is 33.7 Å². The van der Waals surface area contributed by atoms with E-state index in [0.717, 1.165) is 26.8 Å². The molecule has 0 atom stereocenters. The second-order valence-corrected chi connectivity index (χ2v) is 6.56. The molecule has 17 heavy (non-hydrogen) atoms. The summed E-state index contributed by atoms with van der Waals surface area (Å²) in [5, 5.41) is 2.85. The molecular formula is C11H11BrN2OS2. The Balaban J connectivity index is 1.78. The van der Waals surface area contributed by atoms with Crippen LogP contribution in [-0.2, 0) is 4.79 Å². The van der Waals surface area contributed by atoms with Crippen molar-refractivity contribution >= 4 is 55.4 Å². The van der Waals surface area contributed by atoms with Crippen molar-refractivity contribution in [1.29, 1.82) is 0 Å². The van der Waals surface area contributed by atoms with Crippen molar-refractivity contribution < 1.29 is 4.79 Å². The van der Waals surface area contributed by atoms with E-state index in [1.165, 1.54) is 11.8 Å². The lowest BCUT2D eigenvalue weighted by Gasteiger charge is -2.04. The number of thioether (sulfide) groups is 2. The van der Waals surface area contributed by atoms with Gasteiger partial charge in [0.1, 0.15) is 4.38 Å². The monoisotopic (exact) mass is 330 g/mol. The van der Waals surface area contributed by atoms with E-state index in [1.807, 2.05) is 24.3 Å². The number of nitrogens with zero attached hydrogens (tertiary/aromatic N) is 1. The molecule has 90 valence electrons. The summed E-state index contributed by atoms with van der Waals surface area (Å²) in [7, 11) is 0. The first-order valence-corrected chi connectivity index (χ1v) is 7.86. The number of rotatable bonds is 3. The van der Waals surface area contributed by atoms with E-state index < -0.39 is 0 Å². The average molecular weight is 331 g/mol. The first-order chi connectivity index (χ1) is 8.24. The zero-order valence-electron chi connectivity index (χ0n) is 8.98. The summed E-state index contributed by atoms with van der Waals surface area (Å²) in [6.45, 7) is 0.876. The van der Waals surface area contributed by atoms with Crippen LogP contribution in [0.1, 0.15) is 0 Å². The number of aliphatic imine (C=N–C) groups is 1. The first-order valence-electron chi connectivity index (χ1n) is 5.09. The lowest BCUT2D eigenvalue weighted by Crippen LogP contribution is -2.14. The Labute approximate surface area is 117 Å². The molecule has 3 nitrogen and oxygen atoms in total. The predicted octanol–water partition coefficient (Wildman–Crippen LogP) is 3.22. The van der Waals surface area contributed by atoms with Crippen molar-refractivity contribution in [3.05, 3.63) is 28.7 Å². The van der Waals surface area contributed by atoms with Crippen LogP contribution < -0.4 is 5.32 Å². The number of halogens is 1. The second kappa shape index (κ2) is 6.47. The van der Waals surface area contributed by atoms with Gasteiger partial charge >= 0.3 is 0 Å². The van der Waals surface area contributed by atoms with E-state index in [2.05, 4.69) is 26.2 Å². The standard InChI is InChI=1S/C11H11BrN2OS2/c12-8-1-3-9(4-2-8)14-10(15)7-17-11-13-5-6-16-11/h1-4H,5-7H2,(H,14,15). The van der Waals surface area contributed by atoms with E-state index in [4.69, 9.17) is 0 Å². The van der Waals surface area contributed by atoms with Crippen molar-refractivity contribution in [3.63, 3.8) is 0 Å². The van der Waals surface area contributed by atoms with E-state index in [1.54, 1.807) is 11.8 Å². The Morgan fingerprint density at radius 3 is 2.88 bits per heavy atom. The Morgan fingerprint density at radius 1 is 1.47 bits per heavy atom. The highest BCUT2D eigenvalue weighted by atomic mass is 79.9. The molecule has 0 radical (unpaired) electrons. The van der Waals surface area contributed by atoms with Gasteiger partial charge in [-0.15, -0.1) is 0 Å². The maximum absolute atomic E-state index is 11.6. The highest BCUT2D eigenvalue weighted by Gasteiger charge is 2.10. The van der Waals surface area contributed by atoms with E-state index in [9.17, 15) is 4.79 Å². The molecule has 0 saturated heterocycles. The van der Waals surface area contributed by atoms with Crippen LogP contribution in [0.4, 0.5) is 5.69 Å². The van der Waals surface area contributed by atoms with Gasteiger partial charge in [0.25, 0.3) is 0 Å². The summed E-state index contributed by atoms with van der Waals surface area (Å²) in [6, 6.07) is 7.54. The van der Waals surface area contributed by atoms with Crippen LogP contribution in [0.2, 0.25) is 0 Å². The molecule has 1 N–H and O–H groups in total. The lowest BCUT2D eigenvalue weighted by molar-refractivity contribution is -0.113. The zero-order valence-corrected chi connectivity index (χ0v) is 12.2. The van der Waals surface area contributed by atoms with Crippen molar-refractivity contribution in [2.75, 3.05) is 23.4 Å². The number of carbonyl (C=O) groups is 1. The molecule has 6 heteroatoms. The maximum atomic E-state index is 11.6. The molecule has 2 rings (SSSR count). The lowest BCUT2D eigenvalue weighted by atomic mass is 10.3. The molecule has 0 aromatic heterocycles. The normalized spacial score (nSPS) is 14.5. The minimum atomic E-state index is 0.00697. The molecule has 1 aliphatic heterocycles. The van der Waals surface area contributed by atoms with Gasteiger partial charge in [-0.1, -0.05) is 39.5 Å². The van der Waals surface area contributed by atoms with Crippen molar-refractivity contribution in [2.24, 2.45) is 4.99 Å². The molecule has 0 unspecified atom stereocenters. The van der Waals surface area contributed by atoms with Gasteiger partial charge in [-0.05, 0) is 24.3 Å². The summed E-state index contributed by atoms with van der Waals surface area (Å²) in [5.41, 5.74) is 0.819. The van der Waals surface area contributed by atoms with E-state index >= 15 is 0 Å². The fourth-order valence-electron chi connectivity index (χ4n) is 1.26. The molecule has 0 saturated carbocycles. The van der Waals surface area contributed by atoms with Crippen LogP contribution >= 0.6 is 39.5 Å². The van der Waals surface area contributed by atoms with Gasteiger partial charge in [0.15, 0.2) is 0 Å². The number of hydrogen-bond acceptors (Lipinski definition) is 4. The molecule has 1 amide bonds. The highest BCUT2D eigenvalue weighted by molar-refractivity contribution is 9.10. The van der Waals surface area contributed by atoms with Crippen LogP contribution in [0.5, 0.6) is 0 Å². The minimum absolute atomic E-state index is 0.00697. The van der Waals surface area contributed by atoms with Crippen molar-refractivity contribution in [2.45, 2.75) is 0 Å². The third-order valence-corrected chi connectivity index (χ3v) is 4.79. The molecule has 1 heterocycles. The fraction of sp³-hybridized carbons (Fsp3) is 0.273. The SMILES string of the molecule is O=C(CSC1=NCCS1)Nc1ccc(Br)cc1. The van der Waals surface area contributed by atoms with Crippen LogP contribution in [0.3, 0.4) is 0 Å². The number of benzene rings is 1. The molecule has 0 aliphatic carbocycles.